The summed E-state index contributed by atoms with van der Waals surface area (Å²) >= 11 is 0. The van der Waals surface area contributed by atoms with Crippen LogP contribution in [0.3, 0.4) is 0 Å². The van der Waals surface area contributed by atoms with Crippen molar-refractivity contribution in [1.29, 1.82) is 5.26 Å². The molecular weight excluding hydrogens is 242 g/mol. The number of hydrogen-bond acceptors (Lipinski definition) is 1. The molecule has 0 spiro atoms. The molecule has 1 aliphatic rings. The molecule has 1 aliphatic carbocycles. The van der Waals surface area contributed by atoms with E-state index in [2.05, 4.69) is 58.0 Å². The number of aryl methyl sites for hydroxylation is 1. The molecule has 1 aromatic rings. The van der Waals surface area contributed by atoms with Gasteiger partial charge in [-0.15, -0.1) is 0 Å². The molecule has 0 heterocycles. The van der Waals surface area contributed by atoms with Crippen molar-refractivity contribution in [3.63, 3.8) is 0 Å². The van der Waals surface area contributed by atoms with E-state index in [0.29, 0.717) is 12.3 Å². The van der Waals surface area contributed by atoms with E-state index in [4.69, 9.17) is 5.26 Å². The van der Waals surface area contributed by atoms with Crippen molar-refractivity contribution in [3.05, 3.63) is 52.1 Å². The number of hydrogen-bond donors (Lipinski definition) is 0. The van der Waals surface area contributed by atoms with Crippen molar-refractivity contribution in [2.24, 2.45) is 5.92 Å². The zero-order valence-corrected chi connectivity index (χ0v) is 13.0. The Kier molecular flexibility index (Phi) is 4.45. The minimum Gasteiger partial charge on any atom is -0.198 e. The molecule has 0 saturated heterocycles. The summed E-state index contributed by atoms with van der Waals surface area (Å²) in [4.78, 5) is 0. The predicted octanol–water partition coefficient (Wildman–Crippen LogP) is 5.21. The van der Waals surface area contributed by atoms with Gasteiger partial charge >= 0.3 is 0 Å². The van der Waals surface area contributed by atoms with E-state index in [1.807, 2.05) is 0 Å². The molecule has 0 fully saturated rings. The number of nitriles is 1. The molecule has 0 aromatic heterocycles. The average molecular weight is 265 g/mol. The van der Waals surface area contributed by atoms with Gasteiger partial charge in [0.25, 0.3) is 0 Å². The lowest BCUT2D eigenvalue weighted by molar-refractivity contribution is 0.661. The smallest absolute Gasteiger partial charge is 0.0670 e. The molecule has 20 heavy (non-hydrogen) atoms. The van der Waals surface area contributed by atoms with Crippen LogP contribution in [0.5, 0.6) is 0 Å². The van der Waals surface area contributed by atoms with Crippen molar-refractivity contribution in [2.75, 3.05) is 0 Å². The van der Waals surface area contributed by atoms with Crippen LogP contribution in [-0.2, 0) is 6.42 Å². The quantitative estimate of drug-likeness (QED) is 0.733. The molecule has 1 nitrogen and oxygen atoms in total. The third-order valence-corrected chi connectivity index (χ3v) is 4.02. The maximum Gasteiger partial charge on any atom is 0.0670 e. The van der Waals surface area contributed by atoms with E-state index >= 15 is 0 Å². The molecule has 0 amide bonds. The molecular formula is C19H23N. The van der Waals surface area contributed by atoms with Crippen LogP contribution in [0.1, 0.15) is 50.3 Å². The molecule has 0 radical (unpaired) electrons. The second-order valence-electron chi connectivity index (χ2n) is 6.09. The Morgan fingerprint density at radius 2 is 2.15 bits per heavy atom. The summed E-state index contributed by atoms with van der Waals surface area (Å²) in [5, 5.41) is 9.16. The van der Waals surface area contributed by atoms with Crippen LogP contribution in [0, 0.1) is 24.2 Å². The Balaban J connectivity index is 2.44. The van der Waals surface area contributed by atoms with E-state index in [0.717, 1.165) is 12.8 Å². The Labute approximate surface area is 122 Å². The summed E-state index contributed by atoms with van der Waals surface area (Å²) in [6.45, 7) is 8.81. The van der Waals surface area contributed by atoms with Crippen molar-refractivity contribution < 1.29 is 0 Å². The van der Waals surface area contributed by atoms with Gasteiger partial charge in [-0.25, -0.2) is 0 Å². The van der Waals surface area contributed by atoms with E-state index < -0.39 is 0 Å². The first-order valence-corrected chi connectivity index (χ1v) is 7.39. The SMILES string of the molecule is C/C(=C/CC(C)C)C1=C(CC#N)c2c(C)cccc2C1. The molecule has 1 heteroatoms. The highest BCUT2D eigenvalue weighted by Gasteiger charge is 2.23. The third kappa shape index (κ3) is 2.85. The lowest BCUT2D eigenvalue weighted by Gasteiger charge is -2.08. The summed E-state index contributed by atoms with van der Waals surface area (Å²) in [5.41, 5.74) is 7.96. The molecule has 1 aromatic carbocycles. The average Bonchev–Trinajstić information content (AvgIpc) is 2.77. The molecule has 104 valence electrons. The normalized spacial score (nSPS) is 14.7. The van der Waals surface area contributed by atoms with Crippen LogP contribution in [0.2, 0.25) is 0 Å². The minimum absolute atomic E-state index is 0.514. The van der Waals surface area contributed by atoms with Crippen LogP contribution in [-0.4, -0.2) is 0 Å². The Hall–Kier alpha value is -1.81. The maximum absolute atomic E-state index is 9.16. The number of benzene rings is 1. The van der Waals surface area contributed by atoms with Gasteiger partial charge in [-0.2, -0.15) is 5.26 Å². The standard InChI is InChI=1S/C19H23N/c1-13(2)8-9-14(3)18-12-16-7-5-6-15(4)19(16)17(18)10-11-20/h5-7,9,13H,8,10,12H2,1-4H3/b14-9-. The van der Waals surface area contributed by atoms with Gasteiger partial charge in [-0.05, 0) is 60.4 Å². The monoisotopic (exact) mass is 265 g/mol. The largest absolute Gasteiger partial charge is 0.198 e. The topological polar surface area (TPSA) is 23.8 Å². The predicted molar refractivity (Wildman–Crippen MR) is 85.2 cm³/mol. The fourth-order valence-electron chi connectivity index (χ4n) is 2.94. The van der Waals surface area contributed by atoms with Crippen LogP contribution in [0.25, 0.3) is 5.57 Å². The van der Waals surface area contributed by atoms with Crippen molar-refractivity contribution >= 4 is 5.57 Å². The molecule has 0 aliphatic heterocycles. The van der Waals surface area contributed by atoms with Gasteiger partial charge < -0.3 is 0 Å². The van der Waals surface area contributed by atoms with Crippen LogP contribution >= 0.6 is 0 Å². The minimum atomic E-state index is 0.514. The number of rotatable bonds is 4. The number of nitrogens with zero attached hydrogens (tertiary/aromatic N) is 1. The van der Waals surface area contributed by atoms with E-state index in [-0.39, 0.29) is 0 Å². The first kappa shape index (κ1) is 14.6. The molecule has 0 unspecified atom stereocenters. The highest BCUT2D eigenvalue weighted by atomic mass is 14.3. The first-order valence-electron chi connectivity index (χ1n) is 7.39. The lowest BCUT2D eigenvalue weighted by atomic mass is 9.95. The van der Waals surface area contributed by atoms with Gasteiger partial charge in [-0.1, -0.05) is 43.7 Å². The highest BCUT2D eigenvalue weighted by Crippen LogP contribution is 2.39. The fourth-order valence-corrected chi connectivity index (χ4v) is 2.94. The third-order valence-electron chi connectivity index (χ3n) is 4.02. The Morgan fingerprint density at radius 1 is 1.40 bits per heavy atom. The number of allylic oxidation sites excluding steroid dienone is 4. The fraction of sp³-hybridized carbons (Fsp3) is 0.421. The molecule has 0 saturated carbocycles. The van der Waals surface area contributed by atoms with E-state index in [1.165, 1.54) is 33.4 Å². The first-order chi connectivity index (χ1) is 9.54. The molecule has 2 rings (SSSR count). The zero-order chi connectivity index (χ0) is 14.7. The molecule has 0 N–H and O–H groups in total. The number of fused-ring (bicyclic) bond motifs is 1. The second kappa shape index (κ2) is 6.09. The van der Waals surface area contributed by atoms with Gasteiger partial charge in [0.05, 0.1) is 12.5 Å². The highest BCUT2D eigenvalue weighted by molar-refractivity contribution is 5.82. The molecule has 0 atom stereocenters. The van der Waals surface area contributed by atoms with Gasteiger partial charge in [0, 0.05) is 0 Å². The van der Waals surface area contributed by atoms with E-state index in [9.17, 15) is 0 Å². The van der Waals surface area contributed by atoms with Crippen LogP contribution in [0.4, 0.5) is 0 Å². The summed E-state index contributed by atoms with van der Waals surface area (Å²) in [5.74, 6) is 0.676. The Bertz CT molecular complexity index is 609. The van der Waals surface area contributed by atoms with Gasteiger partial charge in [0.1, 0.15) is 0 Å². The van der Waals surface area contributed by atoms with Gasteiger partial charge in [-0.3, -0.25) is 0 Å². The Morgan fingerprint density at radius 3 is 2.80 bits per heavy atom. The van der Waals surface area contributed by atoms with Gasteiger partial charge in [0.15, 0.2) is 0 Å². The van der Waals surface area contributed by atoms with Crippen molar-refractivity contribution in [3.8, 4) is 6.07 Å². The van der Waals surface area contributed by atoms with Crippen molar-refractivity contribution in [1.82, 2.24) is 0 Å². The summed E-state index contributed by atoms with van der Waals surface area (Å²) < 4.78 is 0. The summed E-state index contributed by atoms with van der Waals surface area (Å²) in [6.07, 6.45) is 4.93. The molecule has 0 bridgehead atoms. The lowest BCUT2D eigenvalue weighted by Crippen LogP contribution is -1.91. The van der Waals surface area contributed by atoms with Crippen LogP contribution in [0.15, 0.2) is 35.4 Å². The second-order valence-corrected chi connectivity index (χ2v) is 6.09. The van der Waals surface area contributed by atoms with Gasteiger partial charge in [0.2, 0.25) is 0 Å². The summed E-state index contributed by atoms with van der Waals surface area (Å²) in [7, 11) is 0. The zero-order valence-electron chi connectivity index (χ0n) is 13.0. The van der Waals surface area contributed by atoms with Crippen molar-refractivity contribution in [2.45, 2.75) is 47.0 Å². The summed E-state index contributed by atoms with van der Waals surface area (Å²) in [6, 6.07) is 8.80. The van der Waals surface area contributed by atoms with Crippen LogP contribution < -0.4 is 0 Å². The maximum atomic E-state index is 9.16. The van der Waals surface area contributed by atoms with E-state index in [1.54, 1.807) is 0 Å².